The zero-order valence-corrected chi connectivity index (χ0v) is 12.1. The molecule has 1 aliphatic rings. The molecule has 1 aromatic carbocycles. The maximum Gasteiger partial charge on any atom is 0.309 e. The monoisotopic (exact) mass is 290 g/mol. The summed E-state index contributed by atoms with van der Waals surface area (Å²) < 4.78 is 0. The van der Waals surface area contributed by atoms with Crippen LogP contribution in [0, 0.1) is 0 Å². The Balaban J connectivity index is 1.63. The van der Waals surface area contributed by atoms with Gasteiger partial charge in [-0.15, -0.1) is 0 Å². The third-order valence-corrected chi connectivity index (χ3v) is 3.65. The van der Waals surface area contributed by atoms with E-state index in [1.54, 1.807) is 0 Å². The first-order valence-corrected chi connectivity index (χ1v) is 7.27. The molecule has 3 N–H and O–H groups in total. The number of nitrogens with two attached hydrogens (primary N) is 1. The number of hydrogen-bond acceptors (Lipinski definition) is 4. The van der Waals surface area contributed by atoms with Gasteiger partial charge in [-0.25, -0.2) is 0 Å². The van der Waals surface area contributed by atoms with Gasteiger partial charge in [-0.3, -0.25) is 14.5 Å². The highest BCUT2D eigenvalue weighted by Crippen LogP contribution is 2.15. The van der Waals surface area contributed by atoms with Crippen LogP contribution in [0.3, 0.4) is 0 Å². The molecule has 0 aliphatic carbocycles. The molecule has 1 fully saturated rings. The normalized spacial score (nSPS) is 15.7. The molecule has 6 heteroatoms. The number of hydrogen-bond donors (Lipinski definition) is 2. The Bertz CT molecular complexity index is 470. The number of amides is 2. The predicted molar refractivity (Wildman–Crippen MR) is 81.9 cm³/mol. The van der Waals surface area contributed by atoms with Gasteiger partial charge in [0, 0.05) is 38.4 Å². The third kappa shape index (κ3) is 4.75. The molecule has 1 aliphatic heterocycles. The van der Waals surface area contributed by atoms with E-state index in [2.05, 4.69) is 39.4 Å². The minimum atomic E-state index is -0.925. The molecule has 21 heavy (non-hydrogen) atoms. The zero-order chi connectivity index (χ0) is 15.1. The Morgan fingerprint density at radius 3 is 2.38 bits per heavy atom. The van der Waals surface area contributed by atoms with Crippen molar-refractivity contribution in [2.24, 2.45) is 5.73 Å². The first-order chi connectivity index (χ1) is 10.2. The Morgan fingerprint density at radius 1 is 1.10 bits per heavy atom. The average Bonchev–Trinajstić information content (AvgIpc) is 2.52. The lowest BCUT2D eigenvalue weighted by atomic mass is 10.2. The van der Waals surface area contributed by atoms with Crippen LogP contribution in [0.4, 0.5) is 5.69 Å². The number of piperazine rings is 1. The number of anilines is 1. The van der Waals surface area contributed by atoms with E-state index >= 15 is 0 Å². The van der Waals surface area contributed by atoms with Gasteiger partial charge in [-0.05, 0) is 25.1 Å². The molecule has 2 rings (SSSR count). The van der Waals surface area contributed by atoms with Crippen LogP contribution < -0.4 is 16.0 Å². The maximum absolute atomic E-state index is 11.0. The molecule has 114 valence electrons. The second kappa shape index (κ2) is 7.64. The van der Waals surface area contributed by atoms with Gasteiger partial charge in [0.15, 0.2) is 0 Å². The van der Waals surface area contributed by atoms with Gasteiger partial charge in [-0.2, -0.15) is 0 Å². The minimum Gasteiger partial charge on any atom is -0.369 e. The second-order valence-electron chi connectivity index (χ2n) is 5.14. The van der Waals surface area contributed by atoms with Crippen molar-refractivity contribution in [2.75, 3.05) is 44.2 Å². The summed E-state index contributed by atoms with van der Waals surface area (Å²) in [5.74, 6) is -1.63. The fourth-order valence-electron chi connectivity index (χ4n) is 2.46. The van der Waals surface area contributed by atoms with Crippen LogP contribution in [-0.2, 0) is 9.59 Å². The number of primary amides is 1. The van der Waals surface area contributed by atoms with Crippen LogP contribution in [0.5, 0.6) is 0 Å². The highest BCUT2D eigenvalue weighted by atomic mass is 16.2. The van der Waals surface area contributed by atoms with Crippen molar-refractivity contribution in [3.8, 4) is 0 Å². The van der Waals surface area contributed by atoms with Gasteiger partial charge < -0.3 is 16.0 Å². The van der Waals surface area contributed by atoms with E-state index in [0.717, 1.165) is 39.1 Å². The third-order valence-electron chi connectivity index (χ3n) is 3.65. The number of benzene rings is 1. The van der Waals surface area contributed by atoms with E-state index < -0.39 is 11.8 Å². The summed E-state index contributed by atoms with van der Waals surface area (Å²) in [4.78, 5) is 26.3. The van der Waals surface area contributed by atoms with Crippen molar-refractivity contribution in [1.82, 2.24) is 10.2 Å². The van der Waals surface area contributed by atoms with Crippen LogP contribution in [0.1, 0.15) is 6.42 Å². The van der Waals surface area contributed by atoms with Crippen LogP contribution >= 0.6 is 0 Å². The molecule has 0 saturated carbocycles. The number of carbonyl (C=O) groups excluding carboxylic acids is 2. The van der Waals surface area contributed by atoms with E-state index in [4.69, 9.17) is 5.73 Å². The number of para-hydroxylation sites is 1. The van der Waals surface area contributed by atoms with E-state index in [1.807, 2.05) is 6.07 Å². The summed E-state index contributed by atoms with van der Waals surface area (Å²) in [5.41, 5.74) is 6.13. The van der Waals surface area contributed by atoms with Crippen LogP contribution in [-0.4, -0.2) is 56.0 Å². The molecule has 0 atom stereocenters. The van der Waals surface area contributed by atoms with Crippen LogP contribution in [0.15, 0.2) is 30.3 Å². The number of nitrogens with zero attached hydrogens (tertiary/aromatic N) is 2. The van der Waals surface area contributed by atoms with Crippen molar-refractivity contribution in [1.29, 1.82) is 0 Å². The maximum atomic E-state index is 11.0. The molecule has 0 unspecified atom stereocenters. The Hall–Kier alpha value is -2.08. The van der Waals surface area contributed by atoms with Crippen molar-refractivity contribution in [3.63, 3.8) is 0 Å². The second-order valence-corrected chi connectivity index (χ2v) is 5.14. The van der Waals surface area contributed by atoms with Gasteiger partial charge in [-0.1, -0.05) is 18.2 Å². The molecule has 2 amide bonds. The summed E-state index contributed by atoms with van der Waals surface area (Å²) in [7, 11) is 0. The smallest absolute Gasteiger partial charge is 0.309 e. The largest absolute Gasteiger partial charge is 0.369 e. The molecule has 6 nitrogen and oxygen atoms in total. The molecule has 0 spiro atoms. The van der Waals surface area contributed by atoms with Gasteiger partial charge in [0.05, 0.1) is 0 Å². The molecular formula is C15H22N4O2. The predicted octanol–water partition coefficient (Wildman–Crippen LogP) is -0.200. The van der Waals surface area contributed by atoms with Gasteiger partial charge in [0.1, 0.15) is 0 Å². The lowest BCUT2D eigenvalue weighted by Gasteiger charge is -2.36. The van der Waals surface area contributed by atoms with E-state index in [9.17, 15) is 9.59 Å². The van der Waals surface area contributed by atoms with E-state index in [0.29, 0.717) is 6.54 Å². The van der Waals surface area contributed by atoms with Crippen LogP contribution in [0.2, 0.25) is 0 Å². The minimum absolute atomic E-state index is 0.487. The standard InChI is InChI=1S/C15H22N4O2/c16-14(20)15(21)17-7-4-8-18-9-11-19(12-10-18)13-5-2-1-3-6-13/h1-3,5-6H,4,7-12H2,(H2,16,20)(H,17,21). The first-order valence-electron chi connectivity index (χ1n) is 7.27. The number of nitrogens with one attached hydrogen (secondary N) is 1. The quantitative estimate of drug-likeness (QED) is 0.581. The zero-order valence-electron chi connectivity index (χ0n) is 12.1. The summed E-state index contributed by atoms with van der Waals surface area (Å²) >= 11 is 0. The van der Waals surface area contributed by atoms with Crippen molar-refractivity contribution in [2.45, 2.75) is 6.42 Å². The molecule has 1 saturated heterocycles. The van der Waals surface area contributed by atoms with Gasteiger partial charge >= 0.3 is 11.8 Å². The Morgan fingerprint density at radius 2 is 1.76 bits per heavy atom. The molecule has 1 heterocycles. The lowest BCUT2D eigenvalue weighted by molar-refractivity contribution is -0.137. The van der Waals surface area contributed by atoms with E-state index in [-0.39, 0.29) is 0 Å². The molecule has 0 aromatic heterocycles. The van der Waals surface area contributed by atoms with Crippen molar-refractivity contribution >= 4 is 17.5 Å². The summed E-state index contributed by atoms with van der Waals surface area (Å²) in [6, 6.07) is 10.4. The van der Waals surface area contributed by atoms with Crippen molar-refractivity contribution in [3.05, 3.63) is 30.3 Å². The number of rotatable bonds is 5. The molecule has 0 bridgehead atoms. The number of carbonyl (C=O) groups is 2. The summed E-state index contributed by atoms with van der Waals surface area (Å²) in [5, 5.41) is 2.51. The van der Waals surface area contributed by atoms with Crippen molar-refractivity contribution < 1.29 is 9.59 Å². The highest BCUT2D eigenvalue weighted by molar-refractivity contribution is 6.34. The molecular weight excluding hydrogens is 268 g/mol. The highest BCUT2D eigenvalue weighted by Gasteiger charge is 2.16. The summed E-state index contributed by atoms with van der Waals surface area (Å²) in [6.07, 6.45) is 0.824. The fraction of sp³-hybridized carbons (Fsp3) is 0.467. The molecule has 1 aromatic rings. The Kier molecular flexibility index (Phi) is 5.57. The van der Waals surface area contributed by atoms with Gasteiger partial charge in [0.25, 0.3) is 0 Å². The first kappa shape index (κ1) is 15.3. The fourth-order valence-corrected chi connectivity index (χ4v) is 2.46. The lowest BCUT2D eigenvalue weighted by Crippen LogP contribution is -2.47. The topological polar surface area (TPSA) is 78.7 Å². The van der Waals surface area contributed by atoms with Crippen LogP contribution in [0.25, 0.3) is 0 Å². The van der Waals surface area contributed by atoms with E-state index in [1.165, 1.54) is 5.69 Å². The van der Waals surface area contributed by atoms with Gasteiger partial charge in [0.2, 0.25) is 0 Å². The average molecular weight is 290 g/mol. The Labute approximate surface area is 124 Å². The SMILES string of the molecule is NC(=O)C(=O)NCCCN1CCN(c2ccccc2)CC1. The summed E-state index contributed by atoms with van der Waals surface area (Å²) in [6.45, 7) is 5.45. The molecule has 0 radical (unpaired) electrons.